The normalized spacial score (nSPS) is 11.8. The van der Waals surface area contributed by atoms with Crippen molar-refractivity contribution in [2.75, 3.05) is 24.2 Å². The van der Waals surface area contributed by atoms with Crippen LogP contribution in [0.25, 0.3) is 11.3 Å². The van der Waals surface area contributed by atoms with Crippen LogP contribution in [0, 0.1) is 0 Å². The van der Waals surface area contributed by atoms with E-state index in [0.717, 1.165) is 23.4 Å². The summed E-state index contributed by atoms with van der Waals surface area (Å²) in [6.45, 7) is 1.17. The van der Waals surface area contributed by atoms with Gasteiger partial charge in [-0.15, -0.1) is 0 Å². The van der Waals surface area contributed by atoms with E-state index in [1.807, 2.05) is 60.7 Å². The Hall–Kier alpha value is -2.50. The second-order valence-electron chi connectivity index (χ2n) is 6.32. The van der Waals surface area contributed by atoms with Crippen LogP contribution in [-0.2, 0) is 6.42 Å². The van der Waals surface area contributed by atoms with Crippen molar-refractivity contribution in [1.29, 1.82) is 0 Å². The van der Waals surface area contributed by atoms with Crippen molar-refractivity contribution in [1.82, 2.24) is 4.98 Å². The van der Waals surface area contributed by atoms with E-state index in [1.54, 1.807) is 0 Å². The molecule has 0 saturated carbocycles. The molecule has 3 aromatic rings. The second-order valence-corrected chi connectivity index (χ2v) is 6.69. The number of rotatable bonds is 9. The summed E-state index contributed by atoms with van der Waals surface area (Å²) in [6.07, 6.45) is 0.827. The first-order valence-electron chi connectivity index (χ1n) is 9.10. The van der Waals surface area contributed by atoms with Crippen LogP contribution in [0.2, 0.25) is 0 Å². The summed E-state index contributed by atoms with van der Waals surface area (Å²) in [6, 6.07) is 24.3. The molecule has 27 heavy (non-hydrogen) atoms. The Balaban J connectivity index is 1.75. The number of benzene rings is 2. The predicted octanol–water partition coefficient (Wildman–Crippen LogP) is 4.04. The third-order valence-electron chi connectivity index (χ3n) is 4.19. The first-order chi connectivity index (χ1) is 13.3. The zero-order valence-corrected chi connectivity index (χ0v) is 16.1. The van der Waals surface area contributed by atoms with Gasteiger partial charge in [0.1, 0.15) is 0 Å². The quantitative estimate of drug-likeness (QED) is 0.491. The van der Waals surface area contributed by atoms with Crippen molar-refractivity contribution < 1.29 is 4.74 Å². The maximum absolute atomic E-state index is 6.04. The Morgan fingerprint density at radius 1 is 0.963 bits per heavy atom. The van der Waals surface area contributed by atoms with Gasteiger partial charge in [0.15, 0.2) is 0 Å². The third kappa shape index (κ3) is 5.74. The van der Waals surface area contributed by atoms with Gasteiger partial charge in [-0.1, -0.05) is 60.7 Å². The topological polar surface area (TPSA) is 60.2 Å². The SMILES string of the molecule is NC(CS)CNc1ccc(-c2ccccc2)nc1OCCc1ccccc1. The lowest BCUT2D eigenvalue weighted by molar-refractivity contribution is 0.311. The molecule has 3 rings (SSSR count). The lowest BCUT2D eigenvalue weighted by Gasteiger charge is -2.16. The Bertz CT molecular complexity index is 827. The van der Waals surface area contributed by atoms with Crippen molar-refractivity contribution in [3.8, 4) is 17.1 Å². The number of pyridine rings is 1. The average Bonchev–Trinajstić information content (AvgIpc) is 2.74. The van der Waals surface area contributed by atoms with Crippen molar-refractivity contribution in [3.63, 3.8) is 0 Å². The predicted molar refractivity (Wildman–Crippen MR) is 116 cm³/mol. The van der Waals surface area contributed by atoms with E-state index in [4.69, 9.17) is 15.5 Å². The van der Waals surface area contributed by atoms with Gasteiger partial charge in [-0.25, -0.2) is 4.98 Å². The summed E-state index contributed by atoms with van der Waals surface area (Å²) >= 11 is 4.24. The maximum Gasteiger partial charge on any atom is 0.237 e. The minimum absolute atomic E-state index is 0.0284. The number of hydrogen-bond acceptors (Lipinski definition) is 5. The number of ether oxygens (including phenoxy) is 1. The number of nitrogens with zero attached hydrogens (tertiary/aromatic N) is 1. The van der Waals surface area contributed by atoms with E-state index >= 15 is 0 Å². The highest BCUT2D eigenvalue weighted by Gasteiger charge is 2.10. The van der Waals surface area contributed by atoms with Crippen molar-refractivity contribution in [2.24, 2.45) is 5.73 Å². The first-order valence-corrected chi connectivity index (χ1v) is 9.73. The maximum atomic E-state index is 6.04. The van der Waals surface area contributed by atoms with Crippen molar-refractivity contribution in [3.05, 3.63) is 78.4 Å². The van der Waals surface area contributed by atoms with Gasteiger partial charge in [0, 0.05) is 30.3 Å². The molecule has 4 nitrogen and oxygen atoms in total. The molecule has 2 aromatic carbocycles. The average molecular weight is 380 g/mol. The molecule has 0 aliphatic rings. The first kappa shape index (κ1) is 19.3. The number of aromatic nitrogens is 1. The van der Waals surface area contributed by atoms with Crippen LogP contribution >= 0.6 is 12.6 Å². The third-order valence-corrected chi connectivity index (χ3v) is 4.66. The summed E-state index contributed by atoms with van der Waals surface area (Å²) in [5, 5.41) is 3.33. The van der Waals surface area contributed by atoms with Crippen molar-refractivity contribution in [2.45, 2.75) is 12.5 Å². The second kappa shape index (κ2) is 10.00. The van der Waals surface area contributed by atoms with Crippen molar-refractivity contribution >= 4 is 18.3 Å². The highest BCUT2D eigenvalue weighted by Crippen LogP contribution is 2.27. The van der Waals surface area contributed by atoms with Gasteiger partial charge < -0.3 is 15.8 Å². The zero-order chi connectivity index (χ0) is 18.9. The molecule has 140 valence electrons. The van der Waals surface area contributed by atoms with Gasteiger partial charge in [-0.05, 0) is 17.7 Å². The molecule has 0 radical (unpaired) electrons. The van der Waals surface area contributed by atoms with Gasteiger partial charge in [0.25, 0.3) is 0 Å². The standard InChI is InChI=1S/C22H25N3OS/c23-19(16-27)15-24-21-12-11-20(18-9-5-2-6-10-18)25-22(21)26-14-13-17-7-3-1-4-8-17/h1-12,19,24,27H,13-16,23H2. The fourth-order valence-corrected chi connectivity index (χ4v) is 2.80. The lowest BCUT2D eigenvalue weighted by atomic mass is 10.1. The monoisotopic (exact) mass is 379 g/mol. The molecule has 0 fully saturated rings. The van der Waals surface area contributed by atoms with Gasteiger partial charge in [0.2, 0.25) is 5.88 Å². The molecular formula is C22H25N3OS. The van der Waals surface area contributed by atoms with Crippen LogP contribution in [-0.4, -0.2) is 29.9 Å². The molecule has 0 aliphatic heterocycles. The number of nitrogens with one attached hydrogen (secondary N) is 1. The molecule has 1 unspecified atom stereocenters. The van der Waals surface area contributed by atoms with E-state index in [1.165, 1.54) is 5.56 Å². The highest BCUT2D eigenvalue weighted by atomic mass is 32.1. The molecule has 1 aromatic heterocycles. The Morgan fingerprint density at radius 3 is 2.37 bits per heavy atom. The van der Waals surface area contributed by atoms with E-state index in [9.17, 15) is 0 Å². The summed E-state index contributed by atoms with van der Waals surface area (Å²) in [5.41, 5.74) is 10.00. The summed E-state index contributed by atoms with van der Waals surface area (Å²) in [7, 11) is 0. The van der Waals surface area contributed by atoms with Gasteiger partial charge >= 0.3 is 0 Å². The molecule has 0 amide bonds. The van der Waals surface area contributed by atoms with Crippen LogP contribution in [0.3, 0.4) is 0 Å². The fraction of sp³-hybridized carbons (Fsp3) is 0.227. The van der Waals surface area contributed by atoms with Crippen LogP contribution in [0.5, 0.6) is 5.88 Å². The molecular weight excluding hydrogens is 354 g/mol. The fourth-order valence-electron chi connectivity index (χ4n) is 2.67. The van der Waals surface area contributed by atoms with Crippen LogP contribution in [0.1, 0.15) is 5.56 Å². The minimum atomic E-state index is -0.0284. The molecule has 0 saturated heterocycles. The summed E-state index contributed by atoms with van der Waals surface area (Å²) in [4.78, 5) is 4.73. The number of thiol groups is 1. The molecule has 5 heteroatoms. The smallest absolute Gasteiger partial charge is 0.237 e. The number of nitrogens with two attached hydrogens (primary N) is 1. The van der Waals surface area contributed by atoms with E-state index in [-0.39, 0.29) is 6.04 Å². The molecule has 0 aliphatic carbocycles. The number of anilines is 1. The van der Waals surface area contributed by atoms with E-state index in [0.29, 0.717) is 24.8 Å². The Labute approximate surface area is 166 Å². The molecule has 0 spiro atoms. The highest BCUT2D eigenvalue weighted by molar-refractivity contribution is 7.80. The van der Waals surface area contributed by atoms with Crippen LogP contribution in [0.15, 0.2) is 72.8 Å². The van der Waals surface area contributed by atoms with E-state index < -0.39 is 0 Å². The summed E-state index contributed by atoms with van der Waals surface area (Å²) < 4.78 is 6.04. The summed E-state index contributed by atoms with van der Waals surface area (Å²) in [5.74, 6) is 1.21. The minimum Gasteiger partial charge on any atom is -0.476 e. The van der Waals surface area contributed by atoms with Gasteiger partial charge in [-0.3, -0.25) is 0 Å². The molecule has 1 heterocycles. The molecule has 3 N–H and O–H groups in total. The van der Waals surface area contributed by atoms with Crippen LogP contribution in [0.4, 0.5) is 5.69 Å². The lowest BCUT2D eigenvalue weighted by Crippen LogP contribution is -2.30. The van der Waals surface area contributed by atoms with Gasteiger partial charge in [0.05, 0.1) is 18.0 Å². The van der Waals surface area contributed by atoms with E-state index in [2.05, 4.69) is 30.1 Å². The molecule has 0 bridgehead atoms. The van der Waals surface area contributed by atoms with Gasteiger partial charge in [-0.2, -0.15) is 12.6 Å². The Morgan fingerprint density at radius 2 is 1.67 bits per heavy atom. The van der Waals surface area contributed by atoms with Crippen LogP contribution < -0.4 is 15.8 Å². The number of hydrogen-bond donors (Lipinski definition) is 3. The molecule has 1 atom stereocenters. The largest absolute Gasteiger partial charge is 0.476 e. The Kier molecular flexibility index (Phi) is 7.13. The zero-order valence-electron chi connectivity index (χ0n) is 15.2.